The van der Waals surface area contributed by atoms with E-state index in [1.165, 1.54) is 0 Å². The molecule has 0 radical (unpaired) electrons. The summed E-state index contributed by atoms with van der Waals surface area (Å²) in [4.78, 5) is 10.5. The van der Waals surface area contributed by atoms with E-state index in [4.69, 9.17) is 22.1 Å². The predicted molar refractivity (Wildman–Crippen MR) is 58.9 cm³/mol. The molecule has 0 aromatic heterocycles. The molecule has 0 unspecified atom stereocenters. The minimum Gasteiger partial charge on any atom is -0.482 e. The molecular weight excluding hydrogens is 216 g/mol. The van der Waals surface area contributed by atoms with Crippen molar-refractivity contribution < 1.29 is 9.53 Å². The molecule has 3 N–H and O–H groups in total. The zero-order chi connectivity index (χ0) is 11.3. The second-order valence-corrected chi connectivity index (χ2v) is 3.46. The molecule has 0 bridgehead atoms. The largest absolute Gasteiger partial charge is 0.482 e. The Morgan fingerprint density at radius 1 is 1.60 bits per heavy atom. The van der Waals surface area contributed by atoms with E-state index < -0.39 is 5.91 Å². The average molecular weight is 229 g/mol. The van der Waals surface area contributed by atoms with Crippen LogP contribution in [0.1, 0.15) is 5.56 Å². The van der Waals surface area contributed by atoms with Crippen molar-refractivity contribution in [2.24, 2.45) is 5.73 Å². The van der Waals surface area contributed by atoms with E-state index in [1.54, 1.807) is 12.1 Å². The van der Waals surface area contributed by atoms with Gasteiger partial charge in [0.1, 0.15) is 5.75 Å². The molecule has 0 heterocycles. The lowest BCUT2D eigenvalue weighted by Crippen LogP contribution is -2.20. The van der Waals surface area contributed by atoms with Crippen molar-refractivity contribution in [1.82, 2.24) is 5.32 Å². The van der Waals surface area contributed by atoms with Crippen LogP contribution in [-0.2, 0) is 11.3 Å². The molecule has 1 aromatic carbocycles. The number of halogens is 1. The molecule has 0 fully saturated rings. The van der Waals surface area contributed by atoms with E-state index in [9.17, 15) is 4.79 Å². The molecule has 4 nitrogen and oxygen atoms in total. The highest BCUT2D eigenvalue weighted by Gasteiger charge is 2.04. The van der Waals surface area contributed by atoms with Crippen LogP contribution in [0.4, 0.5) is 0 Å². The van der Waals surface area contributed by atoms with E-state index in [1.807, 2.05) is 13.1 Å². The summed E-state index contributed by atoms with van der Waals surface area (Å²) in [5.74, 6) is -0.0549. The van der Waals surface area contributed by atoms with E-state index in [2.05, 4.69) is 5.32 Å². The molecule has 82 valence electrons. The van der Waals surface area contributed by atoms with Gasteiger partial charge in [0.2, 0.25) is 0 Å². The predicted octanol–water partition coefficient (Wildman–Crippen LogP) is 0.923. The average Bonchev–Trinajstić information content (AvgIpc) is 2.17. The third kappa shape index (κ3) is 3.77. The van der Waals surface area contributed by atoms with Gasteiger partial charge in [0.05, 0.1) is 5.02 Å². The SMILES string of the molecule is CNCc1ccc(OCC(N)=O)c(Cl)c1. The van der Waals surface area contributed by atoms with Gasteiger partial charge in [-0.1, -0.05) is 17.7 Å². The third-order valence-corrected chi connectivity index (χ3v) is 2.04. The number of hydrogen-bond donors (Lipinski definition) is 2. The first-order valence-corrected chi connectivity index (χ1v) is 4.85. The molecule has 0 saturated carbocycles. The van der Waals surface area contributed by atoms with Crippen LogP contribution in [0.3, 0.4) is 0 Å². The summed E-state index contributed by atoms with van der Waals surface area (Å²) in [6.07, 6.45) is 0. The van der Waals surface area contributed by atoms with Gasteiger partial charge in [-0.05, 0) is 24.7 Å². The van der Waals surface area contributed by atoms with Gasteiger partial charge in [-0.15, -0.1) is 0 Å². The summed E-state index contributed by atoms with van der Waals surface area (Å²) in [5, 5.41) is 3.48. The molecule has 0 saturated heterocycles. The van der Waals surface area contributed by atoms with Crippen LogP contribution < -0.4 is 15.8 Å². The lowest BCUT2D eigenvalue weighted by Gasteiger charge is -2.07. The Hall–Kier alpha value is -1.26. The quantitative estimate of drug-likeness (QED) is 0.788. The zero-order valence-electron chi connectivity index (χ0n) is 8.42. The molecule has 0 aliphatic carbocycles. The van der Waals surface area contributed by atoms with Gasteiger partial charge in [0.15, 0.2) is 6.61 Å². The van der Waals surface area contributed by atoms with Gasteiger partial charge in [0.25, 0.3) is 5.91 Å². The van der Waals surface area contributed by atoms with E-state index in [0.29, 0.717) is 10.8 Å². The summed E-state index contributed by atoms with van der Waals surface area (Å²) in [6, 6.07) is 5.38. The molecule has 15 heavy (non-hydrogen) atoms. The van der Waals surface area contributed by atoms with E-state index in [0.717, 1.165) is 12.1 Å². The van der Waals surface area contributed by atoms with Crippen LogP contribution >= 0.6 is 11.6 Å². The maximum atomic E-state index is 10.5. The number of benzene rings is 1. The standard InChI is InChI=1S/C10H13ClN2O2/c1-13-5-7-2-3-9(8(11)4-7)15-6-10(12)14/h2-4,13H,5-6H2,1H3,(H2,12,14). The first-order valence-electron chi connectivity index (χ1n) is 4.47. The van der Waals surface area contributed by atoms with Gasteiger partial charge in [0, 0.05) is 6.54 Å². The number of amides is 1. The molecular formula is C10H13ClN2O2. The zero-order valence-corrected chi connectivity index (χ0v) is 9.17. The third-order valence-electron chi connectivity index (χ3n) is 1.75. The first-order chi connectivity index (χ1) is 7.13. The van der Waals surface area contributed by atoms with Crippen LogP contribution in [0, 0.1) is 0 Å². The molecule has 0 aliphatic heterocycles. The molecule has 0 aliphatic rings. The number of nitrogens with two attached hydrogens (primary N) is 1. The highest BCUT2D eigenvalue weighted by molar-refractivity contribution is 6.32. The highest BCUT2D eigenvalue weighted by Crippen LogP contribution is 2.25. The Bertz CT molecular complexity index is 355. The van der Waals surface area contributed by atoms with Crippen LogP contribution in [0.2, 0.25) is 5.02 Å². The summed E-state index contributed by atoms with van der Waals surface area (Å²) in [6.45, 7) is 0.570. The topological polar surface area (TPSA) is 64.3 Å². The Labute approximate surface area is 93.4 Å². The molecule has 1 amide bonds. The summed E-state index contributed by atoms with van der Waals surface area (Å²) >= 11 is 5.94. The molecule has 0 atom stereocenters. The lowest BCUT2D eigenvalue weighted by molar-refractivity contribution is -0.119. The van der Waals surface area contributed by atoms with E-state index in [-0.39, 0.29) is 6.61 Å². The Kier molecular flexibility index (Phi) is 4.39. The van der Waals surface area contributed by atoms with Crippen molar-refractivity contribution in [2.75, 3.05) is 13.7 Å². The van der Waals surface area contributed by atoms with Crippen LogP contribution in [0.25, 0.3) is 0 Å². The molecule has 5 heteroatoms. The normalized spacial score (nSPS) is 10.0. The second-order valence-electron chi connectivity index (χ2n) is 3.05. The highest BCUT2D eigenvalue weighted by atomic mass is 35.5. The number of rotatable bonds is 5. The number of carbonyl (C=O) groups is 1. The molecule has 1 rings (SSSR count). The number of carbonyl (C=O) groups excluding carboxylic acids is 1. The van der Waals surface area contributed by atoms with Crippen molar-refractivity contribution >= 4 is 17.5 Å². The van der Waals surface area contributed by atoms with Crippen molar-refractivity contribution in [3.63, 3.8) is 0 Å². The van der Waals surface area contributed by atoms with Crippen molar-refractivity contribution in [2.45, 2.75) is 6.54 Å². The fourth-order valence-corrected chi connectivity index (χ4v) is 1.38. The number of nitrogens with one attached hydrogen (secondary N) is 1. The van der Waals surface area contributed by atoms with Crippen LogP contribution in [0.5, 0.6) is 5.75 Å². The smallest absolute Gasteiger partial charge is 0.255 e. The first kappa shape index (κ1) is 11.8. The van der Waals surface area contributed by atoms with Gasteiger partial charge >= 0.3 is 0 Å². The van der Waals surface area contributed by atoms with Crippen molar-refractivity contribution in [3.05, 3.63) is 28.8 Å². The maximum Gasteiger partial charge on any atom is 0.255 e. The van der Waals surface area contributed by atoms with Crippen molar-refractivity contribution in [1.29, 1.82) is 0 Å². The van der Waals surface area contributed by atoms with Gasteiger partial charge in [-0.25, -0.2) is 0 Å². The molecule has 1 aromatic rings. The summed E-state index contributed by atoms with van der Waals surface area (Å²) < 4.78 is 5.10. The lowest BCUT2D eigenvalue weighted by atomic mass is 10.2. The minimum atomic E-state index is -0.523. The maximum absolute atomic E-state index is 10.5. The fourth-order valence-electron chi connectivity index (χ4n) is 1.12. The molecule has 0 spiro atoms. The van der Waals surface area contributed by atoms with Crippen molar-refractivity contribution in [3.8, 4) is 5.75 Å². The Balaban J connectivity index is 2.70. The fraction of sp³-hybridized carbons (Fsp3) is 0.300. The Morgan fingerprint density at radius 2 is 2.33 bits per heavy atom. The van der Waals surface area contributed by atoms with E-state index >= 15 is 0 Å². The summed E-state index contributed by atoms with van der Waals surface area (Å²) in [7, 11) is 1.85. The number of hydrogen-bond acceptors (Lipinski definition) is 3. The second kappa shape index (κ2) is 5.58. The monoisotopic (exact) mass is 228 g/mol. The van der Waals surface area contributed by atoms with Crippen LogP contribution in [-0.4, -0.2) is 19.6 Å². The summed E-state index contributed by atoms with van der Waals surface area (Å²) in [5.41, 5.74) is 6.00. The number of primary amides is 1. The number of ether oxygens (including phenoxy) is 1. The minimum absolute atomic E-state index is 0.162. The van der Waals surface area contributed by atoms with Gasteiger partial charge in [-0.3, -0.25) is 4.79 Å². The van der Waals surface area contributed by atoms with Gasteiger partial charge < -0.3 is 15.8 Å². The Morgan fingerprint density at radius 3 is 2.87 bits per heavy atom. The van der Waals surface area contributed by atoms with Crippen LogP contribution in [0.15, 0.2) is 18.2 Å². The van der Waals surface area contributed by atoms with Gasteiger partial charge in [-0.2, -0.15) is 0 Å².